The lowest BCUT2D eigenvalue weighted by atomic mass is 10.1. The number of rotatable bonds is 10. The number of sulfonamides is 1. The van der Waals surface area contributed by atoms with E-state index in [9.17, 15) is 13.2 Å². The fourth-order valence-electron chi connectivity index (χ4n) is 3.08. The van der Waals surface area contributed by atoms with Gasteiger partial charge < -0.3 is 10.6 Å². The van der Waals surface area contributed by atoms with Gasteiger partial charge in [0, 0.05) is 24.8 Å². The van der Waals surface area contributed by atoms with Crippen molar-refractivity contribution in [1.29, 1.82) is 0 Å². The summed E-state index contributed by atoms with van der Waals surface area (Å²) in [6, 6.07) is 14.5. The number of anilines is 1. The summed E-state index contributed by atoms with van der Waals surface area (Å²) >= 11 is 0. The first-order valence-electron chi connectivity index (χ1n) is 10.0. The predicted molar refractivity (Wildman–Crippen MR) is 117 cm³/mol. The second kappa shape index (κ2) is 10.5. The van der Waals surface area contributed by atoms with E-state index in [1.165, 1.54) is 9.87 Å². The molecule has 0 fully saturated rings. The molecule has 0 saturated heterocycles. The number of nitrogens with one attached hydrogen (secondary N) is 2. The molecule has 6 nitrogen and oxygen atoms in total. The van der Waals surface area contributed by atoms with Crippen LogP contribution in [-0.4, -0.2) is 38.3 Å². The van der Waals surface area contributed by atoms with Gasteiger partial charge in [-0.05, 0) is 48.7 Å². The Balaban J connectivity index is 1.95. The van der Waals surface area contributed by atoms with Gasteiger partial charge in [0.25, 0.3) is 0 Å². The number of aryl methyl sites for hydroxylation is 1. The molecule has 2 aromatic rings. The second-order valence-corrected chi connectivity index (χ2v) is 8.80. The fraction of sp³-hybridized carbons (Fsp3) is 0.409. The first-order valence-corrected chi connectivity index (χ1v) is 11.5. The molecule has 0 bridgehead atoms. The van der Waals surface area contributed by atoms with E-state index < -0.39 is 10.0 Å². The van der Waals surface area contributed by atoms with Crippen LogP contribution in [0.2, 0.25) is 0 Å². The lowest BCUT2D eigenvalue weighted by molar-refractivity contribution is -0.115. The van der Waals surface area contributed by atoms with Gasteiger partial charge in [-0.1, -0.05) is 45.0 Å². The third-order valence-electron chi connectivity index (χ3n) is 4.91. The van der Waals surface area contributed by atoms with Crippen molar-refractivity contribution in [2.45, 2.75) is 45.1 Å². The highest BCUT2D eigenvalue weighted by Gasteiger charge is 2.21. The standard InChI is InChI=1S/C22H31N3O3S/c1-5-18-9-8-10-20(15-18)24-22(26)16-23-17(4)19-11-13-21(14-12-19)29(27,28)25(6-2)7-3/h8-15,17,23H,5-7,16H2,1-4H3,(H,24,26)/t17-/m1/s1. The molecule has 2 rings (SSSR count). The summed E-state index contributed by atoms with van der Waals surface area (Å²) in [5.41, 5.74) is 2.88. The van der Waals surface area contributed by atoms with E-state index in [-0.39, 0.29) is 23.4 Å². The van der Waals surface area contributed by atoms with E-state index >= 15 is 0 Å². The SMILES string of the molecule is CCc1cccc(NC(=O)CN[C@H](C)c2ccc(S(=O)(=O)N(CC)CC)cc2)c1. The van der Waals surface area contributed by atoms with Crippen molar-refractivity contribution in [2.75, 3.05) is 25.0 Å². The molecule has 0 aliphatic rings. The average molecular weight is 418 g/mol. The zero-order valence-corrected chi connectivity index (χ0v) is 18.4. The third-order valence-corrected chi connectivity index (χ3v) is 6.98. The predicted octanol–water partition coefficient (Wildman–Crippen LogP) is 3.57. The Morgan fingerprint density at radius 3 is 2.28 bits per heavy atom. The van der Waals surface area contributed by atoms with Gasteiger partial charge in [0.05, 0.1) is 11.4 Å². The van der Waals surface area contributed by atoms with Gasteiger partial charge >= 0.3 is 0 Å². The molecule has 7 heteroatoms. The number of hydrogen-bond donors (Lipinski definition) is 2. The molecule has 2 N–H and O–H groups in total. The van der Waals surface area contributed by atoms with Crippen molar-refractivity contribution in [3.63, 3.8) is 0 Å². The fourth-order valence-corrected chi connectivity index (χ4v) is 4.54. The molecular formula is C22H31N3O3S. The van der Waals surface area contributed by atoms with Crippen molar-refractivity contribution >= 4 is 21.6 Å². The van der Waals surface area contributed by atoms with Crippen LogP contribution < -0.4 is 10.6 Å². The minimum atomic E-state index is -3.46. The minimum Gasteiger partial charge on any atom is -0.325 e. The quantitative estimate of drug-likeness (QED) is 0.619. The smallest absolute Gasteiger partial charge is 0.243 e. The van der Waals surface area contributed by atoms with Gasteiger partial charge in [0.1, 0.15) is 0 Å². The van der Waals surface area contributed by atoms with Gasteiger partial charge in [-0.2, -0.15) is 4.31 Å². The lowest BCUT2D eigenvalue weighted by Crippen LogP contribution is -2.31. The van der Waals surface area contributed by atoms with Crippen LogP contribution in [0.5, 0.6) is 0 Å². The van der Waals surface area contributed by atoms with Crippen LogP contribution in [0.3, 0.4) is 0 Å². The van der Waals surface area contributed by atoms with Crippen LogP contribution in [0.4, 0.5) is 5.69 Å². The molecule has 1 atom stereocenters. The normalized spacial score (nSPS) is 12.7. The Morgan fingerprint density at radius 2 is 1.69 bits per heavy atom. The molecule has 0 aliphatic heterocycles. The van der Waals surface area contributed by atoms with Crippen molar-refractivity contribution in [3.8, 4) is 0 Å². The molecule has 0 saturated carbocycles. The van der Waals surface area contributed by atoms with Crippen molar-refractivity contribution < 1.29 is 13.2 Å². The van der Waals surface area contributed by atoms with Crippen LogP contribution in [0.15, 0.2) is 53.4 Å². The summed E-state index contributed by atoms with van der Waals surface area (Å²) in [5, 5.41) is 6.07. The first-order chi connectivity index (χ1) is 13.8. The van der Waals surface area contributed by atoms with Crippen LogP contribution in [0.25, 0.3) is 0 Å². The van der Waals surface area contributed by atoms with Gasteiger partial charge in [-0.3, -0.25) is 4.79 Å². The number of carbonyl (C=O) groups is 1. The zero-order valence-electron chi connectivity index (χ0n) is 17.6. The lowest BCUT2D eigenvalue weighted by Gasteiger charge is -2.19. The molecule has 29 heavy (non-hydrogen) atoms. The van der Waals surface area contributed by atoms with Gasteiger partial charge in [0.15, 0.2) is 0 Å². The Hall–Kier alpha value is -2.22. The van der Waals surface area contributed by atoms with Crippen LogP contribution in [0, 0.1) is 0 Å². The minimum absolute atomic E-state index is 0.0899. The average Bonchev–Trinajstić information content (AvgIpc) is 2.73. The third kappa shape index (κ3) is 6.13. The van der Waals surface area contributed by atoms with Crippen molar-refractivity contribution in [1.82, 2.24) is 9.62 Å². The number of carbonyl (C=O) groups excluding carboxylic acids is 1. The molecule has 1 amide bonds. The number of benzene rings is 2. The van der Waals surface area contributed by atoms with Crippen molar-refractivity contribution in [2.24, 2.45) is 0 Å². The molecule has 0 aliphatic carbocycles. The Kier molecular flexibility index (Phi) is 8.37. The largest absolute Gasteiger partial charge is 0.325 e. The Bertz CT molecular complexity index is 907. The number of hydrogen-bond acceptors (Lipinski definition) is 4. The molecular weight excluding hydrogens is 386 g/mol. The summed E-state index contributed by atoms with van der Waals surface area (Å²) in [5.74, 6) is -0.120. The van der Waals surface area contributed by atoms with Gasteiger partial charge in [-0.15, -0.1) is 0 Å². The van der Waals surface area contributed by atoms with Crippen molar-refractivity contribution in [3.05, 3.63) is 59.7 Å². The van der Waals surface area contributed by atoms with E-state index in [0.29, 0.717) is 13.1 Å². The zero-order chi connectivity index (χ0) is 21.4. The van der Waals surface area contributed by atoms with E-state index in [4.69, 9.17) is 0 Å². The van der Waals surface area contributed by atoms with Gasteiger partial charge in [0.2, 0.25) is 15.9 Å². The molecule has 0 unspecified atom stereocenters. The molecule has 0 spiro atoms. The van der Waals surface area contributed by atoms with Crippen LogP contribution >= 0.6 is 0 Å². The van der Waals surface area contributed by atoms with Crippen LogP contribution in [0.1, 0.15) is 44.9 Å². The van der Waals surface area contributed by atoms with Crippen LogP contribution in [-0.2, 0) is 21.2 Å². The van der Waals surface area contributed by atoms with E-state index in [0.717, 1.165) is 17.7 Å². The maximum Gasteiger partial charge on any atom is 0.243 e. The molecule has 0 heterocycles. The monoisotopic (exact) mass is 417 g/mol. The summed E-state index contributed by atoms with van der Waals surface area (Å²) < 4.78 is 26.6. The number of amides is 1. The summed E-state index contributed by atoms with van der Waals surface area (Å²) in [6.07, 6.45) is 0.916. The highest BCUT2D eigenvalue weighted by atomic mass is 32.2. The molecule has 0 aromatic heterocycles. The maximum atomic E-state index is 12.6. The molecule has 0 radical (unpaired) electrons. The summed E-state index contributed by atoms with van der Waals surface area (Å²) in [6.45, 7) is 8.71. The second-order valence-electron chi connectivity index (χ2n) is 6.86. The topological polar surface area (TPSA) is 78.5 Å². The summed E-state index contributed by atoms with van der Waals surface area (Å²) in [7, 11) is -3.46. The first kappa shape index (κ1) is 23.1. The molecule has 158 valence electrons. The van der Waals surface area contributed by atoms with E-state index in [1.807, 2.05) is 45.0 Å². The van der Waals surface area contributed by atoms with E-state index in [1.54, 1.807) is 24.3 Å². The Morgan fingerprint density at radius 1 is 1.03 bits per heavy atom. The van der Waals surface area contributed by atoms with E-state index in [2.05, 4.69) is 17.6 Å². The maximum absolute atomic E-state index is 12.6. The van der Waals surface area contributed by atoms with Gasteiger partial charge in [-0.25, -0.2) is 8.42 Å². The molecule has 2 aromatic carbocycles. The number of nitrogens with zero attached hydrogens (tertiary/aromatic N) is 1. The highest BCUT2D eigenvalue weighted by molar-refractivity contribution is 7.89. The Labute approximate surface area is 174 Å². The summed E-state index contributed by atoms with van der Waals surface area (Å²) in [4.78, 5) is 12.5. The highest BCUT2D eigenvalue weighted by Crippen LogP contribution is 2.19.